The number of carbonyl (C=O) groups excluding carboxylic acids is 2. The standard InChI is InChI=1S/C54H97NO5/c1-4-7-10-13-16-19-22-24-25-26-27-29-32-35-38-41-44-47-54(59)60-50(45-42-39-36-33-30-21-18-15-12-9-6-3)48-53(58)55-51(49-56)52(57)46-43-40-37-34-31-28-23-20-17-14-11-8-5-2/h16,19,24-25,27,29,33,35-36,38,50-52,56-57H,4-15,17-18,20-23,26,28,30-32,34,37,39-49H2,1-3H3,(H,55,58)/b19-16-,25-24-,29-27-,36-33-,38-35-. The molecule has 3 N–H and O–H groups in total. The maximum absolute atomic E-state index is 13.2. The van der Waals surface area contributed by atoms with E-state index in [0.717, 1.165) is 64.2 Å². The van der Waals surface area contributed by atoms with Crippen molar-refractivity contribution in [1.82, 2.24) is 5.32 Å². The lowest BCUT2D eigenvalue weighted by molar-refractivity contribution is -0.151. The Kier molecular flexibility index (Phi) is 45.7. The van der Waals surface area contributed by atoms with Crippen LogP contribution in [0.2, 0.25) is 0 Å². The van der Waals surface area contributed by atoms with Crippen LogP contribution in [-0.2, 0) is 14.3 Å². The van der Waals surface area contributed by atoms with Gasteiger partial charge in [-0.05, 0) is 83.5 Å². The van der Waals surface area contributed by atoms with Gasteiger partial charge in [-0.3, -0.25) is 9.59 Å². The van der Waals surface area contributed by atoms with E-state index in [9.17, 15) is 19.8 Å². The molecule has 348 valence electrons. The lowest BCUT2D eigenvalue weighted by Crippen LogP contribution is -2.46. The Hall–Kier alpha value is -2.44. The fourth-order valence-electron chi connectivity index (χ4n) is 7.42. The van der Waals surface area contributed by atoms with Gasteiger partial charge < -0.3 is 20.3 Å². The summed E-state index contributed by atoms with van der Waals surface area (Å²) in [6.45, 7) is 6.42. The molecule has 3 atom stereocenters. The van der Waals surface area contributed by atoms with Crippen molar-refractivity contribution < 1.29 is 24.5 Å². The Morgan fingerprint density at radius 2 is 0.867 bits per heavy atom. The summed E-state index contributed by atoms with van der Waals surface area (Å²) in [5.74, 6) is -0.570. The van der Waals surface area contributed by atoms with E-state index in [4.69, 9.17) is 4.74 Å². The minimum absolute atomic E-state index is 0.0341. The number of hydrogen-bond acceptors (Lipinski definition) is 5. The number of aliphatic hydroxyl groups is 2. The Morgan fingerprint density at radius 3 is 1.37 bits per heavy atom. The average molecular weight is 840 g/mol. The lowest BCUT2D eigenvalue weighted by Gasteiger charge is -2.24. The highest BCUT2D eigenvalue weighted by Crippen LogP contribution is 2.16. The van der Waals surface area contributed by atoms with Crippen LogP contribution in [0, 0.1) is 0 Å². The number of aliphatic hydroxyl groups excluding tert-OH is 2. The second-order valence-corrected chi connectivity index (χ2v) is 17.2. The van der Waals surface area contributed by atoms with Crippen LogP contribution in [0.3, 0.4) is 0 Å². The van der Waals surface area contributed by atoms with Crippen molar-refractivity contribution in [3.8, 4) is 0 Å². The van der Waals surface area contributed by atoms with Gasteiger partial charge in [0, 0.05) is 6.42 Å². The molecule has 0 aliphatic rings. The Bertz CT molecular complexity index is 1080. The molecule has 0 heterocycles. The minimum Gasteiger partial charge on any atom is -0.462 e. The largest absolute Gasteiger partial charge is 0.462 e. The van der Waals surface area contributed by atoms with Crippen molar-refractivity contribution in [1.29, 1.82) is 0 Å². The molecule has 0 rings (SSSR count). The normalized spacial score (nSPS) is 13.8. The van der Waals surface area contributed by atoms with Crippen LogP contribution in [0.15, 0.2) is 60.8 Å². The van der Waals surface area contributed by atoms with E-state index in [-0.39, 0.29) is 24.9 Å². The maximum Gasteiger partial charge on any atom is 0.306 e. The third-order valence-corrected chi connectivity index (χ3v) is 11.3. The zero-order chi connectivity index (χ0) is 43.8. The Morgan fingerprint density at radius 1 is 0.483 bits per heavy atom. The van der Waals surface area contributed by atoms with E-state index < -0.39 is 18.2 Å². The fraction of sp³-hybridized carbons (Fsp3) is 0.778. The van der Waals surface area contributed by atoms with Gasteiger partial charge in [0.15, 0.2) is 0 Å². The van der Waals surface area contributed by atoms with Gasteiger partial charge in [0.25, 0.3) is 0 Å². The van der Waals surface area contributed by atoms with Gasteiger partial charge in [-0.1, -0.05) is 210 Å². The number of nitrogens with one attached hydrogen (secondary N) is 1. The van der Waals surface area contributed by atoms with Gasteiger partial charge >= 0.3 is 5.97 Å². The molecule has 0 aromatic heterocycles. The number of unbranched alkanes of at least 4 members (excludes halogenated alkanes) is 23. The van der Waals surface area contributed by atoms with Crippen molar-refractivity contribution in [2.45, 2.75) is 264 Å². The molecule has 6 nitrogen and oxygen atoms in total. The summed E-state index contributed by atoms with van der Waals surface area (Å²) in [6, 6.07) is -0.721. The molecule has 0 radical (unpaired) electrons. The minimum atomic E-state index is -0.804. The first-order valence-corrected chi connectivity index (χ1v) is 25.5. The molecular formula is C54H97NO5. The summed E-state index contributed by atoms with van der Waals surface area (Å²) in [7, 11) is 0. The number of amides is 1. The highest BCUT2D eigenvalue weighted by molar-refractivity contribution is 5.77. The van der Waals surface area contributed by atoms with Crippen LogP contribution in [0.1, 0.15) is 245 Å². The second kappa shape index (κ2) is 47.6. The van der Waals surface area contributed by atoms with Gasteiger partial charge in [0.1, 0.15) is 6.10 Å². The molecule has 0 fully saturated rings. The SMILES string of the molecule is CCCCC/C=C\C/C=C\C/C=C\C/C=C\CCCC(=O)OC(CCC/C=C\CCCCCCCC)CC(=O)NC(CO)C(O)CCCCCCCCCCCCCCC. The monoisotopic (exact) mass is 840 g/mol. The predicted octanol–water partition coefficient (Wildman–Crippen LogP) is 15.2. The van der Waals surface area contributed by atoms with E-state index >= 15 is 0 Å². The average Bonchev–Trinajstić information content (AvgIpc) is 3.24. The molecule has 0 aliphatic carbocycles. The summed E-state index contributed by atoms with van der Waals surface area (Å²) in [6.07, 6.45) is 58.6. The Balaban J connectivity index is 4.65. The van der Waals surface area contributed by atoms with Crippen molar-refractivity contribution in [2.75, 3.05) is 6.61 Å². The summed E-state index contributed by atoms with van der Waals surface area (Å²) in [5.41, 5.74) is 0. The van der Waals surface area contributed by atoms with Crippen LogP contribution in [-0.4, -0.2) is 46.9 Å². The van der Waals surface area contributed by atoms with Crippen LogP contribution >= 0.6 is 0 Å². The molecule has 6 heteroatoms. The molecule has 0 saturated heterocycles. The van der Waals surface area contributed by atoms with Gasteiger partial charge in [-0.2, -0.15) is 0 Å². The van der Waals surface area contributed by atoms with Gasteiger partial charge in [-0.25, -0.2) is 0 Å². The number of allylic oxidation sites excluding steroid dienone is 10. The number of carbonyl (C=O) groups is 2. The highest BCUT2D eigenvalue weighted by atomic mass is 16.5. The first-order chi connectivity index (χ1) is 29.5. The molecular weight excluding hydrogens is 743 g/mol. The number of esters is 1. The number of ether oxygens (including phenoxy) is 1. The Labute approximate surface area is 371 Å². The van der Waals surface area contributed by atoms with Crippen molar-refractivity contribution >= 4 is 11.9 Å². The molecule has 0 aromatic carbocycles. The molecule has 0 spiro atoms. The molecule has 60 heavy (non-hydrogen) atoms. The number of hydrogen-bond donors (Lipinski definition) is 3. The van der Waals surface area contributed by atoms with E-state index in [1.807, 2.05) is 0 Å². The van der Waals surface area contributed by atoms with Crippen LogP contribution in [0.25, 0.3) is 0 Å². The van der Waals surface area contributed by atoms with E-state index in [1.54, 1.807) is 0 Å². The van der Waals surface area contributed by atoms with Gasteiger partial charge in [0.2, 0.25) is 5.91 Å². The summed E-state index contributed by atoms with van der Waals surface area (Å²) >= 11 is 0. The maximum atomic E-state index is 13.2. The van der Waals surface area contributed by atoms with Crippen LogP contribution in [0.5, 0.6) is 0 Å². The van der Waals surface area contributed by atoms with E-state index in [2.05, 4.69) is 86.8 Å². The zero-order valence-electron chi connectivity index (χ0n) is 39.6. The summed E-state index contributed by atoms with van der Waals surface area (Å²) in [4.78, 5) is 26.1. The van der Waals surface area contributed by atoms with Crippen LogP contribution < -0.4 is 5.32 Å². The highest BCUT2D eigenvalue weighted by Gasteiger charge is 2.24. The van der Waals surface area contributed by atoms with Crippen LogP contribution in [0.4, 0.5) is 0 Å². The van der Waals surface area contributed by atoms with Crippen molar-refractivity contribution in [3.63, 3.8) is 0 Å². The smallest absolute Gasteiger partial charge is 0.306 e. The first kappa shape index (κ1) is 57.6. The summed E-state index contributed by atoms with van der Waals surface area (Å²) < 4.78 is 5.88. The predicted molar refractivity (Wildman–Crippen MR) is 259 cm³/mol. The first-order valence-electron chi connectivity index (χ1n) is 25.5. The number of rotatable bonds is 45. The molecule has 0 aliphatic heterocycles. The molecule has 3 unspecified atom stereocenters. The van der Waals surface area contributed by atoms with E-state index in [0.29, 0.717) is 25.7 Å². The second-order valence-electron chi connectivity index (χ2n) is 17.2. The topological polar surface area (TPSA) is 95.9 Å². The molecule has 1 amide bonds. The lowest BCUT2D eigenvalue weighted by atomic mass is 10.0. The fourth-order valence-corrected chi connectivity index (χ4v) is 7.42. The van der Waals surface area contributed by atoms with Gasteiger partial charge in [0.05, 0.1) is 25.2 Å². The molecule has 0 bridgehead atoms. The quantitative estimate of drug-likeness (QED) is 0.0322. The summed E-state index contributed by atoms with van der Waals surface area (Å²) in [5, 5.41) is 23.7. The molecule has 0 saturated carbocycles. The molecule has 0 aromatic rings. The van der Waals surface area contributed by atoms with Gasteiger partial charge in [-0.15, -0.1) is 0 Å². The van der Waals surface area contributed by atoms with E-state index in [1.165, 1.54) is 128 Å². The third kappa shape index (κ3) is 42.3. The third-order valence-electron chi connectivity index (χ3n) is 11.3. The van der Waals surface area contributed by atoms with Crippen molar-refractivity contribution in [2.24, 2.45) is 0 Å². The zero-order valence-corrected chi connectivity index (χ0v) is 39.6. The van der Waals surface area contributed by atoms with Crippen molar-refractivity contribution in [3.05, 3.63) is 60.8 Å².